The summed E-state index contributed by atoms with van der Waals surface area (Å²) < 4.78 is 1.10. The van der Waals surface area contributed by atoms with E-state index in [1.165, 1.54) is 0 Å². The molecule has 2 aromatic rings. The monoisotopic (exact) mass is 440 g/mol. The molecule has 3 rings (SSSR count). The van der Waals surface area contributed by atoms with Crippen molar-refractivity contribution in [2.75, 3.05) is 16.8 Å². The van der Waals surface area contributed by atoms with Crippen LogP contribution in [0.5, 0.6) is 0 Å². The van der Waals surface area contributed by atoms with Gasteiger partial charge in [0, 0.05) is 32.9 Å². The molecule has 2 amide bonds. The molecule has 1 N–H and O–H groups in total. The number of anilines is 2. The van der Waals surface area contributed by atoms with Crippen LogP contribution in [-0.4, -0.2) is 18.4 Å². The molecular formula is C17H14ClIN2O2. The van der Waals surface area contributed by atoms with Crippen LogP contribution in [0.3, 0.4) is 0 Å². The van der Waals surface area contributed by atoms with Crippen molar-refractivity contribution in [2.24, 2.45) is 5.92 Å². The van der Waals surface area contributed by atoms with Gasteiger partial charge < -0.3 is 10.2 Å². The fourth-order valence-electron chi connectivity index (χ4n) is 2.53. The van der Waals surface area contributed by atoms with Crippen molar-refractivity contribution < 1.29 is 9.59 Å². The molecule has 4 nitrogen and oxygen atoms in total. The van der Waals surface area contributed by atoms with Gasteiger partial charge in [0.1, 0.15) is 0 Å². The Morgan fingerprint density at radius 2 is 1.78 bits per heavy atom. The lowest BCUT2D eigenvalue weighted by molar-refractivity contribution is -0.122. The molecule has 23 heavy (non-hydrogen) atoms. The average molecular weight is 441 g/mol. The van der Waals surface area contributed by atoms with Gasteiger partial charge in [-0.15, -0.1) is 0 Å². The summed E-state index contributed by atoms with van der Waals surface area (Å²) >= 11 is 8.08. The highest BCUT2D eigenvalue weighted by molar-refractivity contribution is 14.1. The molecule has 1 aliphatic rings. The molecular weight excluding hydrogens is 427 g/mol. The van der Waals surface area contributed by atoms with Gasteiger partial charge >= 0.3 is 0 Å². The molecule has 6 heteroatoms. The van der Waals surface area contributed by atoms with Crippen molar-refractivity contribution >= 4 is 57.4 Å². The minimum absolute atomic E-state index is 0.0462. The van der Waals surface area contributed by atoms with E-state index in [0.29, 0.717) is 11.6 Å². The Hall–Kier alpha value is -1.60. The van der Waals surface area contributed by atoms with E-state index in [-0.39, 0.29) is 24.2 Å². The predicted molar refractivity (Wildman–Crippen MR) is 99.7 cm³/mol. The maximum absolute atomic E-state index is 12.4. The fourth-order valence-corrected chi connectivity index (χ4v) is 3.02. The Balaban J connectivity index is 1.68. The van der Waals surface area contributed by atoms with E-state index in [1.54, 1.807) is 29.2 Å². The van der Waals surface area contributed by atoms with Crippen LogP contribution >= 0.6 is 34.2 Å². The Kier molecular flexibility index (Phi) is 4.87. The molecule has 1 saturated heterocycles. The summed E-state index contributed by atoms with van der Waals surface area (Å²) in [5, 5.41) is 3.49. The third kappa shape index (κ3) is 3.84. The molecule has 0 unspecified atom stereocenters. The minimum atomic E-state index is -0.350. The van der Waals surface area contributed by atoms with Crippen molar-refractivity contribution in [3.63, 3.8) is 0 Å². The van der Waals surface area contributed by atoms with E-state index < -0.39 is 0 Å². The molecule has 1 atom stereocenters. The van der Waals surface area contributed by atoms with E-state index >= 15 is 0 Å². The Labute approximate surface area is 153 Å². The second-order valence-electron chi connectivity index (χ2n) is 5.38. The van der Waals surface area contributed by atoms with E-state index in [9.17, 15) is 9.59 Å². The number of halogens is 2. The zero-order valence-corrected chi connectivity index (χ0v) is 15.0. The van der Waals surface area contributed by atoms with Crippen LogP contribution in [0.2, 0.25) is 5.02 Å². The third-order valence-electron chi connectivity index (χ3n) is 3.75. The van der Waals surface area contributed by atoms with Crippen molar-refractivity contribution in [2.45, 2.75) is 6.42 Å². The van der Waals surface area contributed by atoms with Crippen molar-refractivity contribution in [1.82, 2.24) is 0 Å². The van der Waals surface area contributed by atoms with Gasteiger partial charge in [0.25, 0.3) is 0 Å². The Morgan fingerprint density at radius 3 is 2.43 bits per heavy atom. The first-order chi connectivity index (χ1) is 11.0. The van der Waals surface area contributed by atoms with Gasteiger partial charge in [0.05, 0.1) is 5.92 Å². The molecule has 0 bridgehead atoms. The first-order valence-electron chi connectivity index (χ1n) is 7.15. The number of carbonyl (C=O) groups is 2. The fraction of sp³-hybridized carbons (Fsp3) is 0.176. The number of benzene rings is 2. The number of nitrogens with one attached hydrogen (secondary N) is 1. The van der Waals surface area contributed by atoms with Crippen LogP contribution in [0.4, 0.5) is 11.4 Å². The van der Waals surface area contributed by atoms with Gasteiger partial charge in [-0.2, -0.15) is 0 Å². The van der Waals surface area contributed by atoms with Gasteiger partial charge in [-0.25, -0.2) is 0 Å². The van der Waals surface area contributed by atoms with Crippen molar-refractivity contribution in [1.29, 1.82) is 0 Å². The molecule has 1 fully saturated rings. The Bertz CT molecular complexity index is 731. The zero-order valence-electron chi connectivity index (χ0n) is 12.1. The van der Waals surface area contributed by atoms with E-state index in [4.69, 9.17) is 11.6 Å². The van der Waals surface area contributed by atoms with Gasteiger partial charge in [-0.1, -0.05) is 11.6 Å². The van der Waals surface area contributed by atoms with Gasteiger partial charge in [-0.3, -0.25) is 9.59 Å². The van der Waals surface area contributed by atoms with Gasteiger partial charge in [-0.05, 0) is 71.1 Å². The van der Waals surface area contributed by atoms with Crippen LogP contribution in [-0.2, 0) is 9.59 Å². The molecule has 0 aromatic heterocycles. The van der Waals surface area contributed by atoms with Crippen LogP contribution in [0, 0.1) is 9.49 Å². The lowest BCUT2D eigenvalue weighted by Crippen LogP contribution is -2.28. The zero-order chi connectivity index (χ0) is 16.4. The summed E-state index contributed by atoms with van der Waals surface area (Å²) in [5.74, 6) is -0.524. The SMILES string of the molecule is O=C(Nc1ccc(I)cc1)[C@H]1CC(=O)N(c2ccc(Cl)cc2)C1. The first kappa shape index (κ1) is 16.3. The number of hydrogen-bond acceptors (Lipinski definition) is 2. The summed E-state index contributed by atoms with van der Waals surface area (Å²) in [6, 6.07) is 14.6. The summed E-state index contributed by atoms with van der Waals surface area (Å²) in [6.45, 7) is 0.386. The molecule has 1 aliphatic heterocycles. The van der Waals surface area contributed by atoms with Gasteiger partial charge in [0.15, 0.2) is 0 Å². The van der Waals surface area contributed by atoms with E-state index in [1.807, 2.05) is 24.3 Å². The lowest BCUT2D eigenvalue weighted by Gasteiger charge is -2.16. The molecule has 118 valence electrons. The molecule has 2 aromatic carbocycles. The second-order valence-corrected chi connectivity index (χ2v) is 7.06. The van der Waals surface area contributed by atoms with Gasteiger partial charge in [0.2, 0.25) is 11.8 Å². The highest BCUT2D eigenvalue weighted by Gasteiger charge is 2.35. The van der Waals surface area contributed by atoms with Crippen LogP contribution < -0.4 is 10.2 Å². The highest BCUT2D eigenvalue weighted by Crippen LogP contribution is 2.27. The summed E-state index contributed by atoms with van der Waals surface area (Å²) in [5.41, 5.74) is 1.51. The van der Waals surface area contributed by atoms with Crippen LogP contribution in [0.1, 0.15) is 6.42 Å². The molecule has 0 spiro atoms. The normalized spacial score (nSPS) is 17.4. The molecule has 0 radical (unpaired) electrons. The molecule has 0 saturated carbocycles. The van der Waals surface area contributed by atoms with Crippen LogP contribution in [0.15, 0.2) is 48.5 Å². The van der Waals surface area contributed by atoms with Crippen LogP contribution in [0.25, 0.3) is 0 Å². The lowest BCUT2D eigenvalue weighted by atomic mass is 10.1. The van der Waals surface area contributed by atoms with E-state index in [2.05, 4.69) is 27.9 Å². The number of carbonyl (C=O) groups excluding carboxylic acids is 2. The molecule has 1 heterocycles. The van der Waals surface area contributed by atoms with Crippen molar-refractivity contribution in [3.05, 3.63) is 57.1 Å². The maximum Gasteiger partial charge on any atom is 0.229 e. The standard InChI is InChI=1S/C17H14ClIN2O2/c18-12-1-7-15(8-2-12)21-10-11(9-16(21)22)17(23)20-14-5-3-13(19)4-6-14/h1-8,11H,9-10H2,(H,20,23)/t11-/m0/s1. The minimum Gasteiger partial charge on any atom is -0.326 e. The summed E-state index contributed by atoms with van der Waals surface area (Å²) in [4.78, 5) is 26.2. The third-order valence-corrected chi connectivity index (χ3v) is 4.72. The number of amides is 2. The topological polar surface area (TPSA) is 49.4 Å². The van der Waals surface area contributed by atoms with E-state index in [0.717, 1.165) is 14.9 Å². The second kappa shape index (κ2) is 6.88. The average Bonchev–Trinajstić information content (AvgIpc) is 2.92. The first-order valence-corrected chi connectivity index (χ1v) is 8.61. The summed E-state index contributed by atoms with van der Waals surface area (Å²) in [7, 11) is 0. The molecule has 0 aliphatic carbocycles. The number of hydrogen-bond donors (Lipinski definition) is 1. The number of nitrogens with zero attached hydrogens (tertiary/aromatic N) is 1. The number of rotatable bonds is 3. The summed E-state index contributed by atoms with van der Waals surface area (Å²) in [6.07, 6.45) is 0.221. The quantitative estimate of drug-likeness (QED) is 0.735. The Morgan fingerprint density at radius 1 is 1.13 bits per heavy atom. The smallest absolute Gasteiger partial charge is 0.229 e. The largest absolute Gasteiger partial charge is 0.326 e. The highest BCUT2D eigenvalue weighted by atomic mass is 127. The van der Waals surface area contributed by atoms with Crippen molar-refractivity contribution in [3.8, 4) is 0 Å². The maximum atomic E-state index is 12.4. The predicted octanol–water partition coefficient (Wildman–Crippen LogP) is 3.94.